The van der Waals surface area contributed by atoms with E-state index < -0.39 is 58.5 Å². The molecule has 25 heavy (non-hydrogen) atoms. The number of hydrogen-bond acceptors (Lipinski definition) is 8. The summed E-state index contributed by atoms with van der Waals surface area (Å²) in [6.45, 7) is 8.97. The van der Waals surface area contributed by atoms with Gasteiger partial charge in [0.05, 0.1) is 6.42 Å². The number of rotatable bonds is 11. The normalized spacial score (nSPS) is 14.5. The third-order valence-electron chi connectivity index (χ3n) is 3.15. The Hall–Kier alpha value is -2.20. The van der Waals surface area contributed by atoms with Crippen LogP contribution in [0, 0.1) is 5.92 Å². The molecule has 0 radical (unpaired) electrons. The topological polar surface area (TPSA) is 133 Å². The van der Waals surface area contributed by atoms with E-state index in [-0.39, 0.29) is 6.42 Å². The van der Waals surface area contributed by atoms with Crippen molar-refractivity contribution in [2.75, 3.05) is 12.4 Å². The van der Waals surface area contributed by atoms with Crippen molar-refractivity contribution in [3.8, 4) is 0 Å². The Morgan fingerprint density at radius 1 is 1.04 bits per heavy atom. The lowest BCUT2D eigenvalue weighted by Crippen LogP contribution is -2.36. The molecule has 0 spiro atoms. The van der Waals surface area contributed by atoms with Crippen molar-refractivity contribution in [1.82, 2.24) is 0 Å². The van der Waals surface area contributed by atoms with Crippen LogP contribution >= 0.6 is 0 Å². The zero-order valence-electron chi connectivity index (χ0n) is 14.0. The van der Waals surface area contributed by atoms with E-state index in [2.05, 4.69) is 13.2 Å². The van der Waals surface area contributed by atoms with Crippen LogP contribution in [0.4, 0.5) is 0 Å². The molecule has 0 amide bonds. The molecular formula is C15H22O9S. The molecule has 2 atom stereocenters. The van der Waals surface area contributed by atoms with Crippen LogP contribution in [0.5, 0.6) is 0 Å². The summed E-state index contributed by atoms with van der Waals surface area (Å²) in [6.07, 6.45) is -0.0843. The van der Waals surface area contributed by atoms with Crippen molar-refractivity contribution in [3.63, 3.8) is 0 Å². The monoisotopic (exact) mass is 378 g/mol. The van der Waals surface area contributed by atoms with Gasteiger partial charge in [0, 0.05) is 18.1 Å². The van der Waals surface area contributed by atoms with E-state index in [1.165, 1.54) is 13.8 Å². The van der Waals surface area contributed by atoms with Gasteiger partial charge in [-0.2, -0.15) is 8.42 Å². The Morgan fingerprint density at radius 3 is 1.84 bits per heavy atom. The van der Waals surface area contributed by atoms with Gasteiger partial charge in [-0.15, -0.1) is 0 Å². The minimum absolute atomic E-state index is 0.317. The summed E-state index contributed by atoms with van der Waals surface area (Å²) in [5.74, 6) is -3.76. The molecule has 0 aromatic carbocycles. The maximum atomic E-state index is 11.8. The van der Waals surface area contributed by atoms with Gasteiger partial charge < -0.3 is 14.2 Å². The quantitative estimate of drug-likeness (QED) is 0.238. The number of hydrogen-bond donors (Lipinski definition) is 1. The number of carbonyl (C=O) groups excluding carboxylic acids is 3. The van der Waals surface area contributed by atoms with Crippen LogP contribution in [0.2, 0.25) is 0 Å². The molecule has 0 aliphatic carbocycles. The van der Waals surface area contributed by atoms with Crippen molar-refractivity contribution < 1.29 is 41.6 Å². The lowest BCUT2D eigenvalue weighted by Gasteiger charge is -2.28. The molecule has 0 aliphatic rings. The van der Waals surface area contributed by atoms with E-state index in [1.807, 2.05) is 0 Å². The smallest absolute Gasteiger partial charge is 0.330 e. The van der Waals surface area contributed by atoms with Gasteiger partial charge in [-0.25, -0.2) is 9.59 Å². The molecule has 0 fully saturated rings. The number of esters is 3. The van der Waals surface area contributed by atoms with Crippen molar-refractivity contribution in [3.05, 3.63) is 25.3 Å². The van der Waals surface area contributed by atoms with Crippen LogP contribution in [0.25, 0.3) is 0 Å². The highest BCUT2D eigenvalue weighted by Crippen LogP contribution is 2.21. The summed E-state index contributed by atoms with van der Waals surface area (Å²) in [6, 6.07) is 0. The van der Waals surface area contributed by atoms with Gasteiger partial charge in [0.15, 0.2) is 0 Å². The molecule has 10 heteroatoms. The summed E-state index contributed by atoms with van der Waals surface area (Å²) in [5.41, 5.74) is 0. The molecule has 0 heterocycles. The molecule has 142 valence electrons. The number of carbonyl (C=O) groups is 3. The van der Waals surface area contributed by atoms with Crippen molar-refractivity contribution in [2.45, 2.75) is 32.5 Å². The van der Waals surface area contributed by atoms with Crippen LogP contribution in [0.3, 0.4) is 0 Å². The first kappa shape index (κ1) is 22.8. The van der Waals surface area contributed by atoms with Crippen LogP contribution in [0.1, 0.15) is 20.3 Å². The molecule has 0 saturated carbocycles. The summed E-state index contributed by atoms with van der Waals surface area (Å²) in [7, 11) is -4.26. The van der Waals surface area contributed by atoms with Gasteiger partial charge in [-0.1, -0.05) is 13.2 Å². The van der Waals surface area contributed by atoms with E-state index in [9.17, 15) is 22.8 Å². The second kappa shape index (κ2) is 10.6. The Labute approximate surface area is 146 Å². The van der Waals surface area contributed by atoms with Crippen LogP contribution in [-0.2, 0) is 38.7 Å². The number of ether oxygens (including phenoxy) is 3. The summed E-state index contributed by atoms with van der Waals surface area (Å²) in [5, 5.41) is 0. The Balaban J connectivity index is 4.94. The molecule has 0 bridgehead atoms. The van der Waals surface area contributed by atoms with E-state index in [0.717, 1.165) is 12.2 Å². The molecule has 0 rings (SSSR count). The Kier molecular flexibility index (Phi) is 9.69. The summed E-state index contributed by atoms with van der Waals surface area (Å²) < 4.78 is 44.6. The minimum atomic E-state index is -4.26. The largest absolute Gasteiger partial charge is 0.464 e. The zero-order valence-corrected chi connectivity index (χ0v) is 14.9. The maximum absolute atomic E-state index is 11.8. The predicted octanol–water partition coefficient (Wildman–Crippen LogP) is 0.659. The molecule has 9 nitrogen and oxygen atoms in total. The molecule has 2 unspecified atom stereocenters. The SMILES string of the molecule is C=CC(=O)OC(C)C(CC(=O)OCCS(=O)(=O)O)C(C)OC(=O)C=C. The lowest BCUT2D eigenvalue weighted by molar-refractivity contribution is -0.160. The third-order valence-corrected chi connectivity index (χ3v) is 3.83. The molecule has 0 saturated heterocycles. The second-order valence-corrected chi connectivity index (χ2v) is 6.64. The first-order valence-corrected chi connectivity index (χ1v) is 8.88. The Morgan fingerprint density at radius 2 is 1.48 bits per heavy atom. The average molecular weight is 378 g/mol. The molecular weight excluding hydrogens is 356 g/mol. The van der Waals surface area contributed by atoms with E-state index in [4.69, 9.17) is 18.8 Å². The van der Waals surface area contributed by atoms with Crippen LogP contribution < -0.4 is 0 Å². The van der Waals surface area contributed by atoms with Crippen LogP contribution in [0.15, 0.2) is 25.3 Å². The van der Waals surface area contributed by atoms with Gasteiger partial charge >= 0.3 is 17.9 Å². The highest BCUT2D eigenvalue weighted by atomic mass is 32.2. The third kappa shape index (κ3) is 10.3. The van der Waals surface area contributed by atoms with Gasteiger partial charge in [0.2, 0.25) is 0 Å². The Bertz CT molecular complexity index is 580. The maximum Gasteiger partial charge on any atom is 0.330 e. The van der Waals surface area contributed by atoms with Crippen molar-refractivity contribution >= 4 is 28.0 Å². The fourth-order valence-corrected chi connectivity index (χ4v) is 2.16. The summed E-state index contributed by atoms with van der Waals surface area (Å²) in [4.78, 5) is 34.5. The first-order chi connectivity index (χ1) is 11.5. The van der Waals surface area contributed by atoms with Gasteiger partial charge in [0.1, 0.15) is 24.6 Å². The zero-order chi connectivity index (χ0) is 19.6. The van der Waals surface area contributed by atoms with E-state index in [0.29, 0.717) is 0 Å². The second-order valence-electron chi connectivity index (χ2n) is 5.07. The van der Waals surface area contributed by atoms with E-state index in [1.54, 1.807) is 0 Å². The van der Waals surface area contributed by atoms with Crippen molar-refractivity contribution in [1.29, 1.82) is 0 Å². The summed E-state index contributed by atoms with van der Waals surface area (Å²) >= 11 is 0. The molecule has 0 aliphatic heterocycles. The standard InChI is InChI=1S/C15H22O9S/c1-5-13(16)23-10(3)12(11(4)24-14(17)6-2)9-15(18)22-7-8-25(19,20)21/h5-6,10-12H,1-2,7-9H2,3-4H3,(H,19,20,21). The van der Waals surface area contributed by atoms with Crippen LogP contribution in [-0.4, -0.2) is 55.4 Å². The predicted molar refractivity (Wildman–Crippen MR) is 87.0 cm³/mol. The molecule has 0 aromatic rings. The van der Waals surface area contributed by atoms with Gasteiger partial charge in [0.25, 0.3) is 10.1 Å². The first-order valence-electron chi connectivity index (χ1n) is 7.27. The highest BCUT2D eigenvalue weighted by molar-refractivity contribution is 7.85. The highest BCUT2D eigenvalue weighted by Gasteiger charge is 2.31. The van der Waals surface area contributed by atoms with Gasteiger partial charge in [-0.3, -0.25) is 9.35 Å². The average Bonchev–Trinajstić information content (AvgIpc) is 2.50. The van der Waals surface area contributed by atoms with Crippen molar-refractivity contribution in [2.24, 2.45) is 5.92 Å². The fourth-order valence-electron chi connectivity index (χ4n) is 1.86. The fraction of sp³-hybridized carbons (Fsp3) is 0.533. The molecule has 1 N–H and O–H groups in total. The van der Waals surface area contributed by atoms with Gasteiger partial charge in [-0.05, 0) is 13.8 Å². The molecule has 0 aromatic heterocycles. The minimum Gasteiger partial charge on any atom is -0.464 e. The van der Waals surface area contributed by atoms with E-state index >= 15 is 0 Å². The lowest BCUT2D eigenvalue weighted by atomic mass is 9.94.